The minimum atomic E-state index is -3.71. The Morgan fingerprint density at radius 3 is 2.56 bits per heavy atom. The average Bonchev–Trinajstić information content (AvgIpc) is 2.91. The van der Waals surface area contributed by atoms with Crippen molar-refractivity contribution in [1.82, 2.24) is 5.32 Å². The van der Waals surface area contributed by atoms with E-state index >= 15 is 0 Å². The van der Waals surface area contributed by atoms with Gasteiger partial charge in [-0.2, -0.15) is 0 Å². The Morgan fingerprint density at radius 1 is 1.08 bits per heavy atom. The average molecular weight is 363 g/mol. The van der Waals surface area contributed by atoms with Crippen LogP contribution in [0.3, 0.4) is 0 Å². The quantitative estimate of drug-likeness (QED) is 0.818. The van der Waals surface area contributed by atoms with Crippen molar-refractivity contribution < 1.29 is 12.8 Å². The molecule has 1 aliphatic rings. The van der Waals surface area contributed by atoms with E-state index in [1.54, 1.807) is 13.1 Å². The molecule has 134 valence electrons. The van der Waals surface area contributed by atoms with E-state index in [-0.39, 0.29) is 9.79 Å². The summed E-state index contributed by atoms with van der Waals surface area (Å²) in [5, 5.41) is 6.34. The zero-order chi connectivity index (χ0) is 17.9. The minimum absolute atomic E-state index is 0.0807. The Hall–Kier alpha value is -2.12. The van der Waals surface area contributed by atoms with Crippen LogP contribution in [0.4, 0.5) is 15.8 Å². The number of nitrogens with one attached hydrogen (secondary N) is 2. The van der Waals surface area contributed by atoms with Crippen LogP contribution in [-0.2, 0) is 9.84 Å². The van der Waals surface area contributed by atoms with Gasteiger partial charge in [0.15, 0.2) is 0 Å². The van der Waals surface area contributed by atoms with Gasteiger partial charge in [-0.1, -0.05) is 0 Å². The monoisotopic (exact) mass is 363 g/mol. The molecule has 2 aromatic carbocycles. The molecule has 0 amide bonds. The first-order valence-corrected chi connectivity index (χ1v) is 9.79. The van der Waals surface area contributed by atoms with E-state index in [0.29, 0.717) is 5.69 Å². The van der Waals surface area contributed by atoms with Gasteiger partial charge < -0.3 is 15.5 Å². The van der Waals surface area contributed by atoms with E-state index in [2.05, 4.69) is 15.5 Å². The fraction of sp³-hybridized carbons (Fsp3) is 0.333. The van der Waals surface area contributed by atoms with Gasteiger partial charge in [0.1, 0.15) is 5.82 Å². The number of hydrogen-bond acceptors (Lipinski definition) is 5. The molecule has 0 unspecified atom stereocenters. The van der Waals surface area contributed by atoms with Gasteiger partial charge in [0.2, 0.25) is 9.84 Å². The summed E-state index contributed by atoms with van der Waals surface area (Å²) in [6.07, 6.45) is 1.05. The number of benzene rings is 2. The van der Waals surface area contributed by atoms with E-state index in [1.807, 2.05) is 12.1 Å². The van der Waals surface area contributed by atoms with Gasteiger partial charge in [-0.05, 0) is 55.4 Å². The molecule has 5 nitrogen and oxygen atoms in total. The fourth-order valence-electron chi connectivity index (χ4n) is 2.99. The minimum Gasteiger partial charge on any atom is -0.387 e. The maximum Gasteiger partial charge on any atom is 0.208 e. The largest absolute Gasteiger partial charge is 0.387 e. The molecule has 0 atom stereocenters. The zero-order valence-corrected chi connectivity index (χ0v) is 14.9. The van der Waals surface area contributed by atoms with Crippen LogP contribution in [0.1, 0.15) is 6.42 Å². The van der Waals surface area contributed by atoms with Crippen molar-refractivity contribution in [3.05, 3.63) is 48.3 Å². The molecular formula is C18H22FN3O2S. The number of rotatable bonds is 4. The van der Waals surface area contributed by atoms with Gasteiger partial charge in [-0.3, -0.25) is 0 Å². The van der Waals surface area contributed by atoms with Crippen LogP contribution >= 0.6 is 0 Å². The number of hydrogen-bond donors (Lipinski definition) is 2. The van der Waals surface area contributed by atoms with E-state index in [9.17, 15) is 12.8 Å². The third-order valence-corrected chi connectivity index (χ3v) is 6.18. The topological polar surface area (TPSA) is 61.4 Å². The SMILES string of the molecule is CNc1cc(N2CCCNCC2)ccc1S(=O)(=O)c1ccc(F)cc1. The molecule has 0 saturated carbocycles. The first kappa shape index (κ1) is 17.7. The summed E-state index contributed by atoms with van der Waals surface area (Å²) in [5.41, 5.74) is 1.53. The van der Waals surface area contributed by atoms with Crippen LogP contribution in [0.2, 0.25) is 0 Å². The molecular weight excluding hydrogens is 341 g/mol. The lowest BCUT2D eigenvalue weighted by atomic mass is 10.2. The van der Waals surface area contributed by atoms with Gasteiger partial charge >= 0.3 is 0 Å². The Labute approximate surface area is 147 Å². The first-order valence-electron chi connectivity index (χ1n) is 8.30. The standard InChI is InChI=1S/C18H22FN3O2S/c1-20-17-13-15(22-11-2-9-21-10-12-22)5-8-18(17)25(23,24)16-6-3-14(19)4-7-16/h3-8,13,20-21H,2,9-12H2,1H3. The Morgan fingerprint density at radius 2 is 1.84 bits per heavy atom. The second kappa shape index (κ2) is 7.41. The Bertz CT molecular complexity index is 830. The summed E-state index contributed by atoms with van der Waals surface area (Å²) in [7, 11) is -2.01. The van der Waals surface area contributed by atoms with E-state index in [0.717, 1.165) is 50.4 Å². The molecule has 2 N–H and O–H groups in total. The molecule has 1 saturated heterocycles. The number of sulfone groups is 1. The molecule has 1 fully saturated rings. The highest BCUT2D eigenvalue weighted by atomic mass is 32.2. The summed E-state index contributed by atoms with van der Waals surface area (Å²) in [6, 6.07) is 10.2. The van der Waals surface area contributed by atoms with Crippen LogP contribution in [0.15, 0.2) is 52.3 Å². The van der Waals surface area contributed by atoms with Crippen molar-refractivity contribution in [2.45, 2.75) is 16.2 Å². The van der Waals surface area contributed by atoms with Gasteiger partial charge in [0, 0.05) is 32.4 Å². The molecule has 3 rings (SSSR count). The number of halogens is 1. The summed E-state index contributed by atoms with van der Waals surface area (Å²) in [6.45, 7) is 3.71. The van der Waals surface area contributed by atoms with Crippen molar-refractivity contribution in [2.24, 2.45) is 0 Å². The lowest BCUT2D eigenvalue weighted by Gasteiger charge is -2.23. The molecule has 1 aliphatic heterocycles. The molecule has 25 heavy (non-hydrogen) atoms. The van der Waals surface area contributed by atoms with Gasteiger partial charge in [0.05, 0.1) is 15.5 Å². The first-order chi connectivity index (χ1) is 12.0. The van der Waals surface area contributed by atoms with Crippen LogP contribution < -0.4 is 15.5 Å². The van der Waals surface area contributed by atoms with E-state index < -0.39 is 15.7 Å². The lowest BCUT2D eigenvalue weighted by molar-refractivity contribution is 0.595. The molecule has 0 bridgehead atoms. The van der Waals surface area contributed by atoms with Crippen molar-refractivity contribution in [3.8, 4) is 0 Å². The Kier molecular flexibility index (Phi) is 5.24. The second-order valence-corrected chi connectivity index (χ2v) is 7.90. The summed E-state index contributed by atoms with van der Waals surface area (Å²) in [5.74, 6) is -0.460. The maximum absolute atomic E-state index is 13.1. The normalized spacial score (nSPS) is 15.7. The smallest absolute Gasteiger partial charge is 0.208 e. The third-order valence-electron chi connectivity index (χ3n) is 4.35. The van der Waals surface area contributed by atoms with Crippen LogP contribution in [0.25, 0.3) is 0 Å². The third kappa shape index (κ3) is 3.77. The Balaban J connectivity index is 1.97. The van der Waals surface area contributed by atoms with E-state index in [4.69, 9.17) is 0 Å². The van der Waals surface area contributed by atoms with Crippen molar-refractivity contribution in [1.29, 1.82) is 0 Å². The maximum atomic E-state index is 13.1. The highest BCUT2D eigenvalue weighted by Crippen LogP contribution is 2.31. The van der Waals surface area contributed by atoms with Crippen molar-refractivity contribution in [2.75, 3.05) is 43.4 Å². The zero-order valence-electron chi connectivity index (χ0n) is 14.1. The molecule has 0 spiro atoms. The second-order valence-electron chi connectivity index (χ2n) is 5.98. The van der Waals surface area contributed by atoms with Crippen molar-refractivity contribution >= 4 is 21.2 Å². The summed E-state index contributed by atoms with van der Waals surface area (Å²) < 4.78 is 38.9. The highest BCUT2D eigenvalue weighted by molar-refractivity contribution is 7.91. The van der Waals surface area contributed by atoms with E-state index in [1.165, 1.54) is 12.1 Å². The van der Waals surface area contributed by atoms with Crippen LogP contribution in [-0.4, -0.2) is 41.6 Å². The number of anilines is 2. The number of nitrogens with zero attached hydrogens (tertiary/aromatic N) is 1. The summed E-state index contributed by atoms with van der Waals surface area (Å²) >= 11 is 0. The van der Waals surface area contributed by atoms with Crippen molar-refractivity contribution in [3.63, 3.8) is 0 Å². The molecule has 1 heterocycles. The lowest BCUT2D eigenvalue weighted by Crippen LogP contribution is -2.27. The molecule has 0 aromatic heterocycles. The van der Waals surface area contributed by atoms with Crippen LogP contribution in [0.5, 0.6) is 0 Å². The molecule has 0 radical (unpaired) electrons. The molecule has 0 aliphatic carbocycles. The van der Waals surface area contributed by atoms with Crippen LogP contribution in [0, 0.1) is 5.82 Å². The predicted octanol–water partition coefficient (Wildman–Crippen LogP) is 2.50. The van der Waals surface area contributed by atoms with Gasteiger partial charge in [-0.25, -0.2) is 12.8 Å². The predicted molar refractivity (Wildman–Crippen MR) is 97.5 cm³/mol. The van der Waals surface area contributed by atoms with Gasteiger partial charge in [0.25, 0.3) is 0 Å². The molecule has 2 aromatic rings. The highest BCUT2D eigenvalue weighted by Gasteiger charge is 2.22. The summed E-state index contributed by atoms with van der Waals surface area (Å²) in [4.78, 5) is 2.52. The van der Waals surface area contributed by atoms with Gasteiger partial charge in [-0.15, -0.1) is 0 Å². The fourth-order valence-corrected chi connectivity index (χ4v) is 4.44. The molecule has 7 heteroatoms.